The molecule has 0 atom stereocenters. The van der Waals surface area contributed by atoms with Gasteiger partial charge in [0.25, 0.3) is 0 Å². The lowest BCUT2D eigenvalue weighted by Crippen LogP contribution is -2.30. The molecule has 0 aromatic heterocycles. The Labute approximate surface area is 124 Å². The molecule has 1 fully saturated rings. The molecule has 0 unspecified atom stereocenters. The molecular weight excluding hydrogens is 327 g/mol. The highest BCUT2D eigenvalue weighted by Crippen LogP contribution is 2.37. The Morgan fingerprint density at radius 3 is 2.32 bits per heavy atom. The number of ether oxygens (including phenoxy) is 1. The summed E-state index contributed by atoms with van der Waals surface area (Å²) < 4.78 is 65.6. The molecule has 6 nitrogen and oxygen atoms in total. The first-order valence-electron chi connectivity index (χ1n) is 6.31. The van der Waals surface area contributed by atoms with E-state index in [2.05, 4.69) is 0 Å². The second kappa shape index (κ2) is 5.75. The number of hydrogen-bond donors (Lipinski definition) is 0. The molecule has 0 N–H and O–H groups in total. The van der Waals surface area contributed by atoms with Gasteiger partial charge in [-0.3, -0.25) is 10.1 Å². The molecule has 122 valence electrons. The van der Waals surface area contributed by atoms with Gasteiger partial charge in [-0.05, 0) is 25.0 Å². The zero-order chi connectivity index (χ0) is 16.5. The SMILES string of the molecule is O=[N+]([O-])c1cc(C(F)(F)F)ccc1OC1CCS(=O)(=O)CC1. The number of halogens is 3. The van der Waals surface area contributed by atoms with Crippen molar-refractivity contribution in [3.63, 3.8) is 0 Å². The van der Waals surface area contributed by atoms with Crippen LogP contribution in [0.25, 0.3) is 0 Å². The fraction of sp³-hybridized carbons (Fsp3) is 0.500. The maximum absolute atomic E-state index is 12.6. The lowest BCUT2D eigenvalue weighted by Gasteiger charge is -2.23. The van der Waals surface area contributed by atoms with Gasteiger partial charge in [-0.2, -0.15) is 13.2 Å². The Hall–Kier alpha value is -1.84. The molecule has 2 rings (SSSR count). The standard InChI is InChI=1S/C12H12F3NO5S/c13-12(14,15)8-1-2-11(10(7-8)16(17)18)21-9-3-5-22(19,20)6-4-9/h1-2,7,9H,3-6H2. The Morgan fingerprint density at radius 2 is 1.82 bits per heavy atom. The van der Waals surface area contributed by atoms with Crippen LogP contribution in [0.1, 0.15) is 18.4 Å². The lowest BCUT2D eigenvalue weighted by molar-refractivity contribution is -0.386. The van der Waals surface area contributed by atoms with Crippen molar-refractivity contribution in [3.8, 4) is 5.75 Å². The molecule has 1 heterocycles. The number of rotatable bonds is 3. The molecule has 0 amide bonds. The van der Waals surface area contributed by atoms with Crippen molar-refractivity contribution in [2.45, 2.75) is 25.1 Å². The Morgan fingerprint density at radius 1 is 1.23 bits per heavy atom. The van der Waals surface area contributed by atoms with Gasteiger partial charge in [0.15, 0.2) is 15.6 Å². The van der Waals surface area contributed by atoms with E-state index in [-0.39, 0.29) is 30.1 Å². The van der Waals surface area contributed by atoms with Crippen molar-refractivity contribution in [1.82, 2.24) is 0 Å². The maximum Gasteiger partial charge on any atom is 0.416 e. The van der Waals surface area contributed by atoms with E-state index in [9.17, 15) is 31.7 Å². The van der Waals surface area contributed by atoms with Gasteiger partial charge in [0.2, 0.25) is 0 Å². The van der Waals surface area contributed by atoms with Crippen LogP contribution < -0.4 is 4.74 Å². The second-order valence-electron chi connectivity index (χ2n) is 4.91. The van der Waals surface area contributed by atoms with Gasteiger partial charge in [0, 0.05) is 6.07 Å². The lowest BCUT2D eigenvalue weighted by atomic mass is 10.1. The third-order valence-corrected chi connectivity index (χ3v) is 4.99. The number of nitro groups is 1. The number of hydrogen-bond acceptors (Lipinski definition) is 5. The van der Waals surface area contributed by atoms with Gasteiger partial charge in [0.05, 0.1) is 22.0 Å². The average Bonchev–Trinajstić information content (AvgIpc) is 2.40. The molecule has 0 bridgehead atoms. The van der Waals surface area contributed by atoms with Gasteiger partial charge < -0.3 is 4.74 Å². The number of sulfone groups is 1. The average molecular weight is 339 g/mol. The first kappa shape index (κ1) is 16.5. The van der Waals surface area contributed by atoms with Crippen LogP contribution in [0.5, 0.6) is 5.75 Å². The fourth-order valence-electron chi connectivity index (χ4n) is 2.10. The summed E-state index contributed by atoms with van der Waals surface area (Å²) in [7, 11) is -3.12. The summed E-state index contributed by atoms with van der Waals surface area (Å²) in [4.78, 5) is 9.95. The van der Waals surface area contributed by atoms with Crippen molar-refractivity contribution in [2.75, 3.05) is 11.5 Å². The summed E-state index contributed by atoms with van der Waals surface area (Å²) in [5, 5.41) is 10.9. The van der Waals surface area contributed by atoms with Crippen LogP contribution in [0.4, 0.5) is 18.9 Å². The van der Waals surface area contributed by atoms with E-state index < -0.39 is 38.3 Å². The molecule has 1 aromatic rings. The quantitative estimate of drug-likeness (QED) is 0.624. The van der Waals surface area contributed by atoms with Crippen LogP contribution in [-0.2, 0) is 16.0 Å². The van der Waals surface area contributed by atoms with Gasteiger partial charge >= 0.3 is 11.9 Å². The van der Waals surface area contributed by atoms with Crippen LogP contribution in [0.3, 0.4) is 0 Å². The van der Waals surface area contributed by atoms with Crippen molar-refractivity contribution in [3.05, 3.63) is 33.9 Å². The van der Waals surface area contributed by atoms with Crippen LogP contribution >= 0.6 is 0 Å². The summed E-state index contributed by atoms with van der Waals surface area (Å²) in [6.07, 6.45) is -4.96. The van der Waals surface area contributed by atoms with E-state index >= 15 is 0 Å². The third kappa shape index (κ3) is 3.87. The van der Waals surface area contributed by atoms with E-state index in [0.29, 0.717) is 12.1 Å². The number of alkyl halides is 3. The number of benzene rings is 1. The van der Waals surface area contributed by atoms with Gasteiger partial charge in [0.1, 0.15) is 6.10 Å². The molecule has 1 saturated heterocycles. The van der Waals surface area contributed by atoms with E-state index in [0.717, 1.165) is 6.07 Å². The maximum atomic E-state index is 12.6. The van der Waals surface area contributed by atoms with Gasteiger partial charge in [-0.25, -0.2) is 8.42 Å². The molecule has 1 aliphatic heterocycles. The Kier molecular flexibility index (Phi) is 4.32. The largest absolute Gasteiger partial charge is 0.483 e. The van der Waals surface area contributed by atoms with Crippen molar-refractivity contribution < 1.29 is 31.2 Å². The molecule has 0 spiro atoms. The zero-order valence-corrected chi connectivity index (χ0v) is 12.0. The molecule has 0 saturated carbocycles. The van der Waals surface area contributed by atoms with E-state index in [4.69, 9.17) is 4.74 Å². The van der Waals surface area contributed by atoms with Crippen LogP contribution in [0, 0.1) is 10.1 Å². The van der Waals surface area contributed by atoms with E-state index in [1.807, 2.05) is 0 Å². The number of nitro benzene ring substituents is 1. The highest BCUT2D eigenvalue weighted by molar-refractivity contribution is 7.91. The van der Waals surface area contributed by atoms with Crippen LogP contribution in [0.2, 0.25) is 0 Å². The predicted octanol–water partition coefficient (Wildman–Crippen LogP) is 2.57. The minimum Gasteiger partial charge on any atom is -0.483 e. The summed E-state index contributed by atoms with van der Waals surface area (Å²) in [6.45, 7) is 0. The Balaban J connectivity index is 2.22. The van der Waals surface area contributed by atoms with E-state index in [1.165, 1.54) is 0 Å². The molecular formula is C12H12F3NO5S. The van der Waals surface area contributed by atoms with Gasteiger partial charge in [-0.1, -0.05) is 0 Å². The minimum absolute atomic E-state index is 0.105. The molecule has 10 heteroatoms. The molecule has 1 aliphatic rings. The second-order valence-corrected chi connectivity index (χ2v) is 7.21. The smallest absolute Gasteiger partial charge is 0.416 e. The van der Waals surface area contributed by atoms with Crippen molar-refractivity contribution in [2.24, 2.45) is 0 Å². The molecule has 0 radical (unpaired) electrons. The van der Waals surface area contributed by atoms with Gasteiger partial charge in [-0.15, -0.1) is 0 Å². The third-order valence-electron chi connectivity index (χ3n) is 3.28. The fourth-order valence-corrected chi connectivity index (χ4v) is 3.55. The highest BCUT2D eigenvalue weighted by atomic mass is 32.2. The summed E-state index contributed by atoms with van der Waals surface area (Å²) >= 11 is 0. The van der Waals surface area contributed by atoms with Crippen LogP contribution in [-0.4, -0.2) is 31.0 Å². The van der Waals surface area contributed by atoms with Crippen molar-refractivity contribution >= 4 is 15.5 Å². The first-order chi connectivity index (χ1) is 10.1. The molecule has 1 aromatic carbocycles. The normalized spacial score (nSPS) is 18.9. The van der Waals surface area contributed by atoms with E-state index in [1.54, 1.807) is 0 Å². The first-order valence-corrected chi connectivity index (χ1v) is 8.13. The summed E-state index contributed by atoms with van der Waals surface area (Å²) in [6, 6.07) is 2.00. The summed E-state index contributed by atoms with van der Waals surface area (Å²) in [5.41, 5.74) is -1.93. The predicted molar refractivity (Wildman–Crippen MR) is 70.4 cm³/mol. The summed E-state index contributed by atoms with van der Waals surface area (Å²) in [5.74, 6) is -0.500. The topological polar surface area (TPSA) is 86.5 Å². The highest BCUT2D eigenvalue weighted by Gasteiger charge is 2.34. The Bertz CT molecular complexity index is 672. The molecule has 22 heavy (non-hydrogen) atoms. The minimum atomic E-state index is -4.69. The zero-order valence-electron chi connectivity index (χ0n) is 11.2. The number of nitrogens with zero attached hydrogens (tertiary/aromatic N) is 1. The van der Waals surface area contributed by atoms with Crippen molar-refractivity contribution in [1.29, 1.82) is 0 Å². The monoisotopic (exact) mass is 339 g/mol. The van der Waals surface area contributed by atoms with Crippen LogP contribution in [0.15, 0.2) is 18.2 Å². The molecule has 0 aliphatic carbocycles.